The van der Waals surface area contributed by atoms with Gasteiger partial charge in [-0.25, -0.2) is 8.42 Å². The fraction of sp³-hybridized carbons (Fsp3) is 0.829. The zero-order valence-electron chi connectivity index (χ0n) is 31.7. The first kappa shape index (κ1) is 41.8. The van der Waals surface area contributed by atoms with Gasteiger partial charge in [-0.3, -0.25) is 0 Å². The first-order valence-electron chi connectivity index (χ1n) is 17.5. The fourth-order valence-corrected chi connectivity index (χ4v) is 12.6. The van der Waals surface area contributed by atoms with Crippen molar-refractivity contribution in [1.82, 2.24) is 0 Å². The molecule has 1 aromatic rings. The monoisotopic (exact) mass is 716 g/mol. The summed E-state index contributed by atoms with van der Waals surface area (Å²) in [5.41, 5.74) is 0. The average molecular weight is 717 g/mol. The largest absolute Gasteiger partial charge is 0.417 e. The highest BCUT2D eigenvalue weighted by molar-refractivity contribution is 7.91. The summed E-state index contributed by atoms with van der Waals surface area (Å²) in [5.74, 6) is -0.373. The van der Waals surface area contributed by atoms with Crippen LogP contribution in [0.3, 0.4) is 0 Å². The zero-order valence-corrected chi connectivity index (χ0v) is 35.5. The normalized spacial score (nSPS) is 22.7. The van der Waals surface area contributed by atoms with Crippen LogP contribution in [0.2, 0.25) is 54.4 Å². The molecule has 5 atom stereocenters. The smallest absolute Gasteiger partial charge is 0.192 e. The van der Waals surface area contributed by atoms with E-state index < -0.39 is 40.9 Å². The van der Waals surface area contributed by atoms with Crippen molar-refractivity contribution >= 4 is 34.8 Å². The van der Waals surface area contributed by atoms with E-state index in [1.54, 1.807) is 31.4 Å². The number of hydrogen-bond donors (Lipinski definition) is 0. The first-order chi connectivity index (χ1) is 21.1. The summed E-state index contributed by atoms with van der Waals surface area (Å²) < 4.78 is 60.9. The summed E-state index contributed by atoms with van der Waals surface area (Å²) in [5, 5.41) is 0.100. The van der Waals surface area contributed by atoms with Crippen LogP contribution in [0, 0.1) is 5.92 Å². The zero-order chi connectivity index (χ0) is 35.2. The lowest BCUT2D eigenvalue weighted by Crippen LogP contribution is -2.49. The summed E-state index contributed by atoms with van der Waals surface area (Å²) >= 11 is 0. The number of benzene rings is 1. The fourth-order valence-electron chi connectivity index (χ4n) is 5.84. The second-order valence-electron chi connectivity index (χ2n) is 16.4. The minimum absolute atomic E-state index is 0.0276. The van der Waals surface area contributed by atoms with Crippen molar-refractivity contribution in [2.45, 2.75) is 159 Å². The van der Waals surface area contributed by atoms with Crippen LogP contribution in [-0.4, -0.2) is 83.9 Å². The molecule has 1 fully saturated rings. The molecule has 46 heavy (non-hydrogen) atoms. The molecule has 11 heteroatoms. The van der Waals surface area contributed by atoms with Crippen molar-refractivity contribution in [3.8, 4) is 0 Å². The van der Waals surface area contributed by atoms with Crippen molar-refractivity contribution in [2.24, 2.45) is 5.92 Å². The molecule has 1 aliphatic rings. The Morgan fingerprint density at radius 2 is 1.37 bits per heavy atom. The molecular weight excluding hydrogens is 649 g/mol. The van der Waals surface area contributed by atoms with Crippen molar-refractivity contribution in [2.75, 3.05) is 26.1 Å². The molecule has 1 saturated heterocycles. The molecule has 0 saturated carbocycles. The molecule has 0 bridgehead atoms. The van der Waals surface area contributed by atoms with Crippen LogP contribution in [0.15, 0.2) is 35.2 Å². The summed E-state index contributed by atoms with van der Waals surface area (Å²) in [6.45, 7) is 30.3. The minimum Gasteiger partial charge on any atom is -0.417 e. The molecule has 0 spiro atoms. The molecule has 268 valence electrons. The van der Waals surface area contributed by atoms with E-state index in [0.29, 0.717) is 31.0 Å². The van der Waals surface area contributed by atoms with Crippen LogP contribution in [-0.2, 0) is 32.6 Å². The van der Waals surface area contributed by atoms with Crippen LogP contribution >= 0.6 is 0 Å². The maximum atomic E-state index is 13.7. The highest BCUT2D eigenvalue weighted by atomic mass is 32.2. The molecule has 1 aromatic carbocycles. The van der Waals surface area contributed by atoms with Crippen LogP contribution in [0.4, 0.5) is 0 Å². The van der Waals surface area contributed by atoms with E-state index in [4.69, 9.17) is 22.8 Å². The number of methoxy groups -OCH3 is 1. The Morgan fingerprint density at radius 1 is 0.826 bits per heavy atom. The maximum absolute atomic E-state index is 13.7. The predicted octanol–water partition coefficient (Wildman–Crippen LogP) is 9.07. The van der Waals surface area contributed by atoms with Gasteiger partial charge in [-0.2, -0.15) is 0 Å². The Bertz CT molecular complexity index is 1150. The first-order valence-corrected chi connectivity index (χ1v) is 27.5. The van der Waals surface area contributed by atoms with E-state index >= 15 is 0 Å². The van der Waals surface area contributed by atoms with E-state index in [9.17, 15) is 8.42 Å². The van der Waals surface area contributed by atoms with Gasteiger partial charge in [0.2, 0.25) is 0 Å². The van der Waals surface area contributed by atoms with Crippen LogP contribution in [0.1, 0.15) is 75.2 Å². The minimum atomic E-state index is -3.57. The van der Waals surface area contributed by atoms with Gasteiger partial charge < -0.3 is 22.8 Å². The number of hydrogen-bond acceptors (Lipinski definition) is 7. The molecule has 0 aliphatic carbocycles. The Kier molecular flexibility index (Phi) is 15.0. The van der Waals surface area contributed by atoms with Gasteiger partial charge in [-0.15, -0.1) is 0 Å². The molecule has 1 heterocycles. The van der Waals surface area contributed by atoms with Gasteiger partial charge in [0.05, 0.1) is 41.7 Å². The van der Waals surface area contributed by atoms with Crippen LogP contribution in [0.5, 0.6) is 0 Å². The standard InChI is InChI=1S/C35H68O7SSi3/c1-15-46(16-2,17-3)39-24-23-31-30(27-43(36,37)29-21-19-18-20-22-29)33(38-10)32(41-31)25-28(42-45(13,14)35(7,8)9)26-40-44(11,12)34(4,5)6/h18-22,28,30-33H,15-17,23-27H2,1-14H3/t28-,30-,31-,32?,33+/m0/s1. The molecular formula is C35H68O7SSi3. The van der Waals surface area contributed by atoms with Crippen LogP contribution in [0.25, 0.3) is 0 Å². The number of rotatable bonds is 18. The van der Waals surface area contributed by atoms with E-state index in [-0.39, 0.29) is 40.1 Å². The SMILES string of the molecule is CC[Si](CC)(CC)OCC[C@@H]1OC(C[C@@H](CO[Si](C)(C)C(C)(C)C)O[Si](C)(C)C(C)(C)C)[C@H](OC)[C@H]1CS(=O)(=O)c1ccccc1. The van der Waals surface area contributed by atoms with Gasteiger partial charge in [-0.05, 0) is 73.0 Å². The third-order valence-electron chi connectivity index (χ3n) is 11.3. The highest BCUT2D eigenvalue weighted by Gasteiger charge is 2.49. The van der Waals surface area contributed by atoms with E-state index in [0.717, 1.165) is 18.1 Å². The second-order valence-corrected chi connectivity index (χ2v) is 32.7. The summed E-state index contributed by atoms with van der Waals surface area (Å²) in [4.78, 5) is 0.333. The third kappa shape index (κ3) is 10.8. The summed E-state index contributed by atoms with van der Waals surface area (Å²) in [6.07, 6.45) is -0.00768. The van der Waals surface area contributed by atoms with E-state index in [1.807, 2.05) is 6.07 Å². The predicted molar refractivity (Wildman–Crippen MR) is 199 cm³/mol. The lowest BCUT2D eigenvalue weighted by molar-refractivity contribution is -0.0393. The highest BCUT2D eigenvalue weighted by Crippen LogP contribution is 2.42. The lowest BCUT2D eigenvalue weighted by atomic mass is 9.94. The second kappa shape index (κ2) is 16.6. The van der Waals surface area contributed by atoms with Gasteiger partial charge in [-0.1, -0.05) is 80.5 Å². The number of ether oxygens (including phenoxy) is 2. The average Bonchev–Trinajstić information content (AvgIpc) is 3.28. The molecule has 2 rings (SSSR count). The van der Waals surface area contributed by atoms with Crippen molar-refractivity contribution in [3.63, 3.8) is 0 Å². The summed E-state index contributed by atoms with van der Waals surface area (Å²) in [6, 6.07) is 11.9. The van der Waals surface area contributed by atoms with Gasteiger partial charge in [0.25, 0.3) is 0 Å². The van der Waals surface area contributed by atoms with Gasteiger partial charge in [0, 0.05) is 26.1 Å². The Hall–Kier alpha value is -0.379. The van der Waals surface area contributed by atoms with Crippen molar-refractivity contribution in [3.05, 3.63) is 30.3 Å². The van der Waals surface area contributed by atoms with Gasteiger partial charge >= 0.3 is 0 Å². The van der Waals surface area contributed by atoms with E-state index in [1.165, 1.54) is 0 Å². The Labute approximate surface area is 286 Å². The molecule has 7 nitrogen and oxygen atoms in total. The van der Waals surface area contributed by atoms with Crippen LogP contribution < -0.4 is 0 Å². The summed E-state index contributed by atoms with van der Waals surface area (Å²) in [7, 11) is -7.89. The third-order valence-corrected chi connectivity index (χ3v) is 26.9. The Morgan fingerprint density at radius 3 is 1.85 bits per heavy atom. The molecule has 0 amide bonds. The number of sulfone groups is 1. The molecule has 0 radical (unpaired) electrons. The molecule has 1 unspecified atom stereocenters. The topological polar surface area (TPSA) is 80.3 Å². The molecule has 0 N–H and O–H groups in total. The van der Waals surface area contributed by atoms with E-state index in [2.05, 4.69) is 88.5 Å². The Balaban J connectivity index is 2.43. The van der Waals surface area contributed by atoms with Crippen molar-refractivity contribution in [1.29, 1.82) is 0 Å². The lowest BCUT2D eigenvalue weighted by Gasteiger charge is -2.42. The van der Waals surface area contributed by atoms with Gasteiger partial charge in [0.1, 0.15) is 0 Å². The van der Waals surface area contributed by atoms with Crippen molar-refractivity contribution < 1.29 is 31.2 Å². The molecule has 0 aromatic heterocycles. The maximum Gasteiger partial charge on any atom is 0.192 e. The quantitative estimate of drug-likeness (QED) is 0.140. The molecule has 1 aliphatic heterocycles. The van der Waals surface area contributed by atoms with Gasteiger partial charge in [0.15, 0.2) is 34.8 Å².